The Bertz CT molecular complexity index is 386. The molecule has 2 rings (SSSR count). The zero-order valence-corrected chi connectivity index (χ0v) is 13.2. The number of ether oxygens (including phenoxy) is 1. The molecule has 21 heavy (non-hydrogen) atoms. The van der Waals surface area contributed by atoms with E-state index in [0.29, 0.717) is 6.42 Å². The highest BCUT2D eigenvalue weighted by Crippen LogP contribution is 2.39. The van der Waals surface area contributed by atoms with E-state index >= 15 is 0 Å². The lowest BCUT2D eigenvalue weighted by Gasteiger charge is -2.24. The van der Waals surface area contributed by atoms with E-state index in [-0.39, 0.29) is 29.7 Å². The first-order valence-electron chi connectivity index (χ1n) is 8.66. The molecule has 1 aliphatic carbocycles. The lowest BCUT2D eigenvalue weighted by molar-refractivity contribution is -0.154. The topological polar surface area (TPSA) is 43.4 Å². The highest BCUT2D eigenvalue weighted by molar-refractivity contribution is 5.97. The van der Waals surface area contributed by atoms with E-state index in [1.54, 1.807) is 0 Å². The fraction of sp³-hybridized carbons (Fsp3) is 0.778. The molecule has 1 aliphatic heterocycles. The van der Waals surface area contributed by atoms with E-state index in [1.165, 1.54) is 44.9 Å². The third-order valence-corrected chi connectivity index (χ3v) is 4.84. The summed E-state index contributed by atoms with van der Waals surface area (Å²) in [4.78, 5) is 23.4. The Hall–Kier alpha value is -1.12. The lowest BCUT2D eigenvalue weighted by atomic mass is 9.75. The molecule has 0 radical (unpaired) electrons. The first kappa shape index (κ1) is 16.3. The van der Waals surface area contributed by atoms with E-state index < -0.39 is 0 Å². The molecule has 0 N–H and O–H groups in total. The van der Waals surface area contributed by atoms with Gasteiger partial charge in [0.25, 0.3) is 0 Å². The summed E-state index contributed by atoms with van der Waals surface area (Å²) in [5.74, 6) is -0.800. The van der Waals surface area contributed by atoms with Crippen molar-refractivity contribution in [2.75, 3.05) is 0 Å². The van der Waals surface area contributed by atoms with E-state index in [1.807, 2.05) is 0 Å². The second-order valence-corrected chi connectivity index (χ2v) is 6.46. The zero-order chi connectivity index (χ0) is 15.1. The Morgan fingerprint density at radius 2 is 1.67 bits per heavy atom. The Morgan fingerprint density at radius 1 is 1.00 bits per heavy atom. The molecular weight excluding hydrogens is 264 g/mol. The predicted octanol–water partition coefficient (Wildman–Crippen LogP) is 4.41. The molecule has 1 saturated heterocycles. The van der Waals surface area contributed by atoms with Crippen LogP contribution in [0.3, 0.4) is 0 Å². The number of carbonyl (C=O) groups is 2. The maximum Gasteiger partial charge on any atom is 0.318 e. The van der Waals surface area contributed by atoms with Gasteiger partial charge in [0.05, 0.1) is 11.8 Å². The number of hydrogen-bond donors (Lipinski definition) is 0. The molecule has 0 aromatic rings. The summed E-state index contributed by atoms with van der Waals surface area (Å²) in [5.41, 5.74) is 0. The summed E-state index contributed by atoms with van der Waals surface area (Å²) in [7, 11) is 0. The summed E-state index contributed by atoms with van der Waals surface area (Å²) in [5, 5.41) is 0. The van der Waals surface area contributed by atoms with E-state index in [9.17, 15) is 9.59 Å². The first-order chi connectivity index (χ1) is 10.2. The average Bonchev–Trinajstić information content (AvgIpc) is 2.78. The normalized spacial score (nSPS) is 27.8. The monoisotopic (exact) mass is 292 g/mol. The average molecular weight is 292 g/mol. The number of rotatable bonds is 9. The van der Waals surface area contributed by atoms with Crippen molar-refractivity contribution in [3.8, 4) is 0 Å². The number of allylic oxidation sites excluding steroid dienone is 2. The van der Waals surface area contributed by atoms with Crippen LogP contribution < -0.4 is 0 Å². The van der Waals surface area contributed by atoms with Crippen LogP contribution in [0.4, 0.5) is 0 Å². The van der Waals surface area contributed by atoms with Crippen molar-refractivity contribution in [1.29, 1.82) is 0 Å². The maximum absolute atomic E-state index is 11.8. The van der Waals surface area contributed by atoms with Gasteiger partial charge in [-0.3, -0.25) is 9.59 Å². The van der Waals surface area contributed by atoms with Gasteiger partial charge < -0.3 is 4.74 Å². The molecule has 0 spiro atoms. The third kappa shape index (κ3) is 4.42. The SMILES string of the molecule is CCCCCCCCCCC1C=CCC2C(=O)OC(=O)C12. The fourth-order valence-corrected chi connectivity index (χ4v) is 3.58. The van der Waals surface area contributed by atoms with Crippen LogP contribution in [0, 0.1) is 17.8 Å². The van der Waals surface area contributed by atoms with Gasteiger partial charge in [0, 0.05) is 0 Å². The highest BCUT2D eigenvalue weighted by Gasteiger charge is 2.48. The molecule has 0 aromatic carbocycles. The second-order valence-electron chi connectivity index (χ2n) is 6.46. The zero-order valence-electron chi connectivity index (χ0n) is 13.2. The molecule has 118 valence electrons. The van der Waals surface area contributed by atoms with Crippen molar-refractivity contribution < 1.29 is 14.3 Å². The maximum atomic E-state index is 11.8. The van der Waals surface area contributed by atoms with Crippen LogP contribution in [0.2, 0.25) is 0 Å². The molecule has 3 atom stereocenters. The van der Waals surface area contributed by atoms with Gasteiger partial charge in [-0.05, 0) is 18.8 Å². The van der Waals surface area contributed by atoms with Crippen molar-refractivity contribution in [2.24, 2.45) is 17.8 Å². The first-order valence-corrected chi connectivity index (χ1v) is 8.66. The summed E-state index contributed by atoms with van der Waals surface area (Å²) in [6, 6.07) is 0. The lowest BCUT2D eigenvalue weighted by Crippen LogP contribution is -2.27. The summed E-state index contributed by atoms with van der Waals surface area (Å²) < 4.78 is 4.80. The van der Waals surface area contributed by atoms with Crippen molar-refractivity contribution in [3.05, 3.63) is 12.2 Å². The van der Waals surface area contributed by atoms with Crippen molar-refractivity contribution in [1.82, 2.24) is 0 Å². The van der Waals surface area contributed by atoms with Gasteiger partial charge in [0.1, 0.15) is 0 Å². The van der Waals surface area contributed by atoms with Crippen LogP contribution in [0.15, 0.2) is 12.2 Å². The number of carbonyl (C=O) groups excluding carboxylic acids is 2. The Morgan fingerprint density at radius 3 is 2.38 bits per heavy atom. The molecule has 3 unspecified atom stereocenters. The summed E-state index contributed by atoms with van der Waals surface area (Å²) in [6.07, 6.45) is 16.2. The molecule has 3 heteroatoms. The summed E-state index contributed by atoms with van der Waals surface area (Å²) in [6.45, 7) is 2.24. The van der Waals surface area contributed by atoms with Crippen molar-refractivity contribution in [2.45, 2.75) is 71.1 Å². The molecule has 0 saturated carbocycles. The smallest absolute Gasteiger partial charge is 0.318 e. The van der Waals surface area contributed by atoms with Gasteiger partial charge >= 0.3 is 11.9 Å². The minimum absolute atomic E-state index is 0.202. The van der Waals surface area contributed by atoms with Crippen LogP contribution in [-0.2, 0) is 14.3 Å². The molecule has 0 aromatic heterocycles. The quantitative estimate of drug-likeness (QED) is 0.274. The van der Waals surface area contributed by atoms with Crippen LogP contribution in [-0.4, -0.2) is 11.9 Å². The van der Waals surface area contributed by atoms with Crippen LogP contribution >= 0.6 is 0 Å². The van der Waals surface area contributed by atoms with Crippen LogP contribution in [0.1, 0.15) is 71.1 Å². The molecule has 2 aliphatic rings. The van der Waals surface area contributed by atoms with Gasteiger partial charge in [0.2, 0.25) is 0 Å². The second kappa shape index (κ2) is 8.35. The van der Waals surface area contributed by atoms with Crippen LogP contribution in [0.5, 0.6) is 0 Å². The van der Waals surface area contributed by atoms with Crippen LogP contribution in [0.25, 0.3) is 0 Å². The fourth-order valence-electron chi connectivity index (χ4n) is 3.58. The Labute approximate surface area is 128 Å². The molecular formula is C18H28O3. The number of unbranched alkanes of at least 4 members (excludes halogenated alkanes) is 7. The molecule has 0 bridgehead atoms. The predicted molar refractivity (Wildman–Crippen MR) is 82.6 cm³/mol. The molecule has 0 amide bonds. The van der Waals surface area contributed by atoms with Gasteiger partial charge in [-0.2, -0.15) is 0 Å². The van der Waals surface area contributed by atoms with Crippen molar-refractivity contribution in [3.63, 3.8) is 0 Å². The van der Waals surface area contributed by atoms with Crippen molar-refractivity contribution >= 4 is 11.9 Å². The van der Waals surface area contributed by atoms with E-state index in [2.05, 4.69) is 19.1 Å². The molecule has 1 heterocycles. The van der Waals surface area contributed by atoms with Gasteiger partial charge in [0.15, 0.2) is 0 Å². The van der Waals surface area contributed by atoms with Gasteiger partial charge in [-0.25, -0.2) is 0 Å². The Kier molecular flexibility index (Phi) is 6.47. The summed E-state index contributed by atoms with van der Waals surface area (Å²) >= 11 is 0. The molecule has 3 nitrogen and oxygen atoms in total. The number of hydrogen-bond acceptors (Lipinski definition) is 3. The standard InChI is InChI=1S/C18H28O3/c1-2-3-4-5-6-7-8-9-11-14-12-10-13-15-16(14)18(20)21-17(15)19/h10,12,14-16H,2-9,11,13H2,1H3. The molecule has 1 fully saturated rings. The highest BCUT2D eigenvalue weighted by atomic mass is 16.6. The number of cyclic esters (lactones) is 2. The number of esters is 2. The minimum Gasteiger partial charge on any atom is -0.393 e. The van der Waals surface area contributed by atoms with E-state index in [4.69, 9.17) is 4.74 Å². The minimum atomic E-state index is -0.310. The van der Waals surface area contributed by atoms with Gasteiger partial charge in [-0.15, -0.1) is 0 Å². The Balaban J connectivity index is 1.64. The number of fused-ring (bicyclic) bond motifs is 1. The van der Waals surface area contributed by atoms with Gasteiger partial charge in [-0.1, -0.05) is 70.4 Å². The van der Waals surface area contributed by atoms with E-state index in [0.717, 1.165) is 12.8 Å². The third-order valence-electron chi connectivity index (χ3n) is 4.84. The largest absolute Gasteiger partial charge is 0.393 e.